The number of nitrogens with zero attached hydrogens (tertiary/aromatic N) is 5. The number of hydrogen-bond acceptors (Lipinski definition) is 6. The van der Waals surface area contributed by atoms with Crippen molar-refractivity contribution in [3.63, 3.8) is 0 Å². The molecule has 0 aliphatic carbocycles. The Morgan fingerprint density at radius 2 is 1.82 bits per heavy atom. The summed E-state index contributed by atoms with van der Waals surface area (Å²) in [6, 6.07) is 18.2. The van der Waals surface area contributed by atoms with Crippen LogP contribution in [0.15, 0.2) is 79.3 Å². The standard InChI is InChI=1S/C20H17N7O/c28-20(24-16-7-2-1-3-8-16)17-9-10-18(26-25-17)22-14-15-6-4-11-21-19(15)27-13-5-12-23-27/h1-13H,14H2,(H,22,26)(H,24,28). The van der Waals surface area contributed by atoms with Crippen molar-refractivity contribution in [1.29, 1.82) is 0 Å². The van der Waals surface area contributed by atoms with Crippen LogP contribution < -0.4 is 10.6 Å². The number of anilines is 2. The molecule has 0 saturated carbocycles. The Hall–Kier alpha value is -4.07. The van der Waals surface area contributed by atoms with Crippen LogP contribution in [0.5, 0.6) is 0 Å². The summed E-state index contributed by atoms with van der Waals surface area (Å²) in [7, 11) is 0. The summed E-state index contributed by atoms with van der Waals surface area (Å²) < 4.78 is 1.71. The maximum atomic E-state index is 12.2. The lowest BCUT2D eigenvalue weighted by molar-refractivity contribution is 0.102. The highest BCUT2D eigenvalue weighted by atomic mass is 16.1. The Labute approximate surface area is 161 Å². The molecule has 0 aliphatic rings. The number of benzene rings is 1. The van der Waals surface area contributed by atoms with Gasteiger partial charge in [-0.1, -0.05) is 24.3 Å². The maximum Gasteiger partial charge on any atom is 0.276 e. The van der Waals surface area contributed by atoms with E-state index in [0.29, 0.717) is 18.1 Å². The number of amides is 1. The van der Waals surface area contributed by atoms with Crippen molar-refractivity contribution >= 4 is 17.4 Å². The van der Waals surface area contributed by atoms with Gasteiger partial charge in [0.15, 0.2) is 11.5 Å². The van der Waals surface area contributed by atoms with E-state index in [4.69, 9.17) is 0 Å². The Kier molecular flexibility index (Phi) is 5.01. The van der Waals surface area contributed by atoms with E-state index in [-0.39, 0.29) is 11.6 Å². The second-order valence-corrected chi connectivity index (χ2v) is 5.91. The van der Waals surface area contributed by atoms with Gasteiger partial charge in [-0.15, -0.1) is 10.2 Å². The van der Waals surface area contributed by atoms with Gasteiger partial charge < -0.3 is 10.6 Å². The van der Waals surface area contributed by atoms with Crippen molar-refractivity contribution < 1.29 is 4.79 Å². The van der Waals surface area contributed by atoms with E-state index >= 15 is 0 Å². The molecule has 1 amide bonds. The molecular weight excluding hydrogens is 354 g/mol. The fraction of sp³-hybridized carbons (Fsp3) is 0.0500. The van der Waals surface area contributed by atoms with Gasteiger partial charge in [-0.05, 0) is 36.4 Å². The first-order chi connectivity index (χ1) is 13.8. The predicted octanol–water partition coefficient (Wildman–Crippen LogP) is 2.92. The highest BCUT2D eigenvalue weighted by Gasteiger charge is 2.10. The van der Waals surface area contributed by atoms with Gasteiger partial charge in [-0.3, -0.25) is 4.79 Å². The van der Waals surface area contributed by atoms with Gasteiger partial charge in [0.25, 0.3) is 5.91 Å². The van der Waals surface area contributed by atoms with E-state index in [1.807, 2.05) is 54.7 Å². The summed E-state index contributed by atoms with van der Waals surface area (Å²) >= 11 is 0. The number of pyridine rings is 1. The van der Waals surface area contributed by atoms with Crippen LogP contribution in [0.1, 0.15) is 16.1 Å². The molecule has 0 bridgehead atoms. The Morgan fingerprint density at radius 3 is 2.57 bits per heavy atom. The quantitative estimate of drug-likeness (QED) is 0.541. The Bertz CT molecular complexity index is 1050. The number of hydrogen-bond donors (Lipinski definition) is 2. The van der Waals surface area contributed by atoms with Crippen LogP contribution in [-0.4, -0.2) is 30.9 Å². The summed E-state index contributed by atoms with van der Waals surface area (Å²) in [5.74, 6) is 0.997. The van der Waals surface area contributed by atoms with Crippen LogP contribution in [-0.2, 0) is 6.54 Å². The minimum absolute atomic E-state index is 0.244. The topological polar surface area (TPSA) is 97.6 Å². The predicted molar refractivity (Wildman–Crippen MR) is 105 cm³/mol. The first-order valence-electron chi connectivity index (χ1n) is 8.67. The molecule has 1 aromatic carbocycles. The zero-order valence-corrected chi connectivity index (χ0v) is 14.9. The number of para-hydroxylation sites is 1. The number of nitrogens with one attached hydrogen (secondary N) is 2. The van der Waals surface area contributed by atoms with E-state index in [1.54, 1.807) is 29.2 Å². The Balaban J connectivity index is 1.41. The van der Waals surface area contributed by atoms with E-state index in [9.17, 15) is 4.79 Å². The molecule has 0 radical (unpaired) electrons. The van der Waals surface area contributed by atoms with Crippen LogP contribution in [0.25, 0.3) is 5.82 Å². The molecule has 8 heteroatoms. The summed E-state index contributed by atoms with van der Waals surface area (Å²) in [6.45, 7) is 0.493. The van der Waals surface area contributed by atoms with E-state index < -0.39 is 0 Å². The molecule has 0 fully saturated rings. The molecule has 3 heterocycles. The zero-order chi connectivity index (χ0) is 19.2. The molecule has 138 valence electrons. The molecule has 4 rings (SSSR count). The van der Waals surface area contributed by atoms with Crippen molar-refractivity contribution in [2.24, 2.45) is 0 Å². The lowest BCUT2D eigenvalue weighted by atomic mass is 10.2. The molecule has 2 N–H and O–H groups in total. The van der Waals surface area contributed by atoms with Crippen molar-refractivity contribution in [2.75, 3.05) is 10.6 Å². The number of carbonyl (C=O) groups is 1. The average molecular weight is 371 g/mol. The summed E-state index contributed by atoms with van der Waals surface area (Å²) in [6.07, 6.45) is 5.27. The van der Waals surface area contributed by atoms with Gasteiger partial charge in [-0.2, -0.15) is 5.10 Å². The lowest BCUT2D eigenvalue weighted by Gasteiger charge is -2.10. The van der Waals surface area contributed by atoms with Crippen molar-refractivity contribution in [2.45, 2.75) is 6.54 Å². The van der Waals surface area contributed by atoms with Gasteiger partial charge in [0, 0.05) is 36.4 Å². The van der Waals surface area contributed by atoms with Gasteiger partial charge in [0.1, 0.15) is 5.82 Å². The third-order valence-corrected chi connectivity index (χ3v) is 3.98. The second-order valence-electron chi connectivity index (χ2n) is 5.91. The van der Waals surface area contributed by atoms with Crippen molar-refractivity contribution in [3.05, 3.63) is 90.5 Å². The third-order valence-electron chi connectivity index (χ3n) is 3.98. The van der Waals surface area contributed by atoms with Crippen LogP contribution in [0.2, 0.25) is 0 Å². The second kappa shape index (κ2) is 8.09. The third kappa shape index (κ3) is 4.01. The fourth-order valence-electron chi connectivity index (χ4n) is 2.62. The first kappa shape index (κ1) is 17.3. The van der Waals surface area contributed by atoms with Gasteiger partial charge in [-0.25, -0.2) is 9.67 Å². The number of rotatable bonds is 6. The number of aromatic nitrogens is 5. The molecule has 28 heavy (non-hydrogen) atoms. The van der Waals surface area contributed by atoms with Gasteiger partial charge in [0.05, 0.1) is 0 Å². The summed E-state index contributed by atoms with van der Waals surface area (Å²) in [5, 5.41) is 18.3. The smallest absolute Gasteiger partial charge is 0.276 e. The molecule has 8 nitrogen and oxygen atoms in total. The molecular formula is C20H17N7O. The van der Waals surface area contributed by atoms with Gasteiger partial charge >= 0.3 is 0 Å². The molecule has 3 aromatic heterocycles. The number of carbonyl (C=O) groups excluding carboxylic acids is 1. The molecule has 0 atom stereocenters. The minimum Gasteiger partial charge on any atom is -0.364 e. The monoisotopic (exact) mass is 371 g/mol. The summed E-state index contributed by atoms with van der Waals surface area (Å²) in [5.41, 5.74) is 1.91. The zero-order valence-electron chi connectivity index (χ0n) is 14.9. The molecule has 4 aromatic rings. The first-order valence-corrected chi connectivity index (χ1v) is 8.67. The van der Waals surface area contributed by atoms with Crippen LogP contribution >= 0.6 is 0 Å². The van der Waals surface area contributed by atoms with Crippen molar-refractivity contribution in [1.82, 2.24) is 25.0 Å². The maximum absolute atomic E-state index is 12.2. The SMILES string of the molecule is O=C(Nc1ccccc1)c1ccc(NCc2cccnc2-n2cccn2)nn1. The average Bonchev–Trinajstić information content (AvgIpc) is 3.28. The summed E-state index contributed by atoms with van der Waals surface area (Å²) in [4.78, 5) is 16.6. The molecule has 0 unspecified atom stereocenters. The van der Waals surface area contributed by atoms with E-state index in [2.05, 4.69) is 30.9 Å². The Morgan fingerprint density at radius 1 is 0.929 bits per heavy atom. The highest BCUT2D eigenvalue weighted by Crippen LogP contribution is 2.13. The van der Waals surface area contributed by atoms with Crippen molar-refractivity contribution in [3.8, 4) is 5.82 Å². The van der Waals surface area contributed by atoms with Crippen LogP contribution in [0, 0.1) is 0 Å². The fourth-order valence-corrected chi connectivity index (χ4v) is 2.62. The minimum atomic E-state index is -0.307. The highest BCUT2D eigenvalue weighted by molar-refractivity contribution is 6.02. The van der Waals surface area contributed by atoms with E-state index in [1.165, 1.54) is 0 Å². The normalized spacial score (nSPS) is 10.4. The van der Waals surface area contributed by atoms with Crippen LogP contribution in [0.3, 0.4) is 0 Å². The largest absolute Gasteiger partial charge is 0.364 e. The van der Waals surface area contributed by atoms with E-state index in [0.717, 1.165) is 11.4 Å². The van der Waals surface area contributed by atoms with Crippen LogP contribution in [0.4, 0.5) is 11.5 Å². The lowest BCUT2D eigenvalue weighted by Crippen LogP contribution is -2.15. The van der Waals surface area contributed by atoms with Gasteiger partial charge in [0.2, 0.25) is 0 Å². The molecule has 0 aliphatic heterocycles. The molecule has 0 spiro atoms. The molecule has 0 saturated heterocycles.